The quantitative estimate of drug-likeness (QED) is 0.439. The minimum absolute atomic E-state index is 0.0593. The summed E-state index contributed by atoms with van der Waals surface area (Å²) >= 11 is 9.55. The molecule has 1 aliphatic heterocycles. The lowest BCUT2D eigenvalue weighted by atomic mass is 10.1. The number of hydrogen-bond acceptors (Lipinski definition) is 4. The number of fused-ring (bicyclic) bond motifs is 1. The third-order valence-corrected chi connectivity index (χ3v) is 5.94. The highest BCUT2D eigenvalue weighted by Crippen LogP contribution is 2.33. The summed E-state index contributed by atoms with van der Waals surface area (Å²) in [6.07, 6.45) is 1.58. The van der Waals surface area contributed by atoms with Gasteiger partial charge in [0.15, 0.2) is 11.5 Å². The van der Waals surface area contributed by atoms with Gasteiger partial charge in [-0.15, -0.1) is 0 Å². The molecule has 3 aromatic rings. The molecule has 0 atom stereocenters. The first-order chi connectivity index (χ1) is 15.4. The third-order valence-electron chi connectivity index (χ3n) is 4.83. The second kappa shape index (κ2) is 9.46. The van der Waals surface area contributed by atoms with Crippen LogP contribution in [0, 0.1) is 6.92 Å². The molecule has 0 radical (unpaired) electrons. The van der Waals surface area contributed by atoms with Crippen molar-refractivity contribution in [1.82, 2.24) is 5.32 Å². The molecule has 0 bridgehead atoms. The Morgan fingerprint density at radius 1 is 1.03 bits per heavy atom. The maximum atomic E-state index is 13.2. The van der Waals surface area contributed by atoms with Crippen LogP contribution >= 0.6 is 27.5 Å². The van der Waals surface area contributed by atoms with E-state index in [1.807, 2.05) is 0 Å². The van der Waals surface area contributed by atoms with Gasteiger partial charge in [0.1, 0.15) is 5.70 Å². The predicted molar refractivity (Wildman–Crippen MR) is 127 cm³/mol. The van der Waals surface area contributed by atoms with Crippen LogP contribution in [0.3, 0.4) is 0 Å². The van der Waals surface area contributed by atoms with Gasteiger partial charge in [-0.2, -0.15) is 0 Å². The first-order valence-corrected chi connectivity index (χ1v) is 10.8. The molecule has 1 aliphatic rings. The molecule has 0 aromatic heterocycles. The van der Waals surface area contributed by atoms with Gasteiger partial charge in [0, 0.05) is 15.2 Å². The Bertz CT molecular complexity index is 1240. The average Bonchev–Trinajstić information content (AvgIpc) is 3.24. The van der Waals surface area contributed by atoms with Crippen molar-refractivity contribution in [3.8, 4) is 11.5 Å². The van der Waals surface area contributed by atoms with Crippen molar-refractivity contribution >= 4 is 51.1 Å². The highest BCUT2D eigenvalue weighted by molar-refractivity contribution is 9.10. The molecule has 0 unspecified atom stereocenters. The van der Waals surface area contributed by atoms with Gasteiger partial charge < -0.3 is 20.1 Å². The standard InChI is InChI=1S/C24H18BrClN2O4/c1-14-18(26)7-4-8-19(14)27-24(30)20(28-23(29)16-5-2-3-6-17(16)25)11-15-9-10-21-22(12-15)32-13-31-21/h2-12H,13H2,1H3,(H,27,30)(H,28,29)/b20-11-. The van der Waals surface area contributed by atoms with E-state index in [1.54, 1.807) is 73.7 Å². The Morgan fingerprint density at radius 3 is 2.62 bits per heavy atom. The van der Waals surface area contributed by atoms with Crippen molar-refractivity contribution in [1.29, 1.82) is 0 Å². The number of ether oxygens (including phenoxy) is 2. The number of nitrogens with one attached hydrogen (secondary N) is 2. The van der Waals surface area contributed by atoms with E-state index in [-0.39, 0.29) is 12.5 Å². The smallest absolute Gasteiger partial charge is 0.272 e. The molecular formula is C24H18BrClN2O4. The van der Waals surface area contributed by atoms with Crippen LogP contribution in [-0.2, 0) is 4.79 Å². The van der Waals surface area contributed by atoms with Crippen LogP contribution in [0.15, 0.2) is 70.8 Å². The molecule has 0 aliphatic carbocycles. The molecule has 32 heavy (non-hydrogen) atoms. The summed E-state index contributed by atoms with van der Waals surface area (Å²) in [6, 6.07) is 17.5. The Morgan fingerprint density at radius 2 is 1.81 bits per heavy atom. The van der Waals surface area contributed by atoms with Gasteiger partial charge in [0.05, 0.1) is 5.56 Å². The van der Waals surface area contributed by atoms with E-state index in [4.69, 9.17) is 21.1 Å². The highest BCUT2D eigenvalue weighted by atomic mass is 79.9. The molecule has 162 valence electrons. The molecule has 2 N–H and O–H groups in total. The number of rotatable bonds is 5. The molecule has 2 amide bonds. The lowest BCUT2D eigenvalue weighted by Gasteiger charge is -2.14. The van der Waals surface area contributed by atoms with Crippen LogP contribution in [0.25, 0.3) is 6.08 Å². The van der Waals surface area contributed by atoms with E-state index >= 15 is 0 Å². The van der Waals surface area contributed by atoms with Crippen LogP contribution in [0.4, 0.5) is 5.69 Å². The Balaban J connectivity index is 1.67. The maximum Gasteiger partial charge on any atom is 0.272 e. The largest absolute Gasteiger partial charge is 0.454 e. The number of anilines is 1. The molecule has 0 spiro atoms. The summed E-state index contributed by atoms with van der Waals surface area (Å²) in [6.45, 7) is 1.95. The zero-order valence-electron chi connectivity index (χ0n) is 16.9. The van der Waals surface area contributed by atoms with Gasteiger partial charge in [0.25, 0.3) is 11.8 Å². The van der Waals surface area contributed by atoms with Crippen LogP contribution in [-0.4, -0.2) is 18.6 Å². The zero-order chi connectivity index (χ0) is 22.7. The van der Waals surface area contributed by atoms with Crippen LogP contribution in [0.2, 0.25) is 5.02 Å². The van der Waals surface area contributed by atoms with E-state index in [0.29, 0.717) is 37.8 Å². The molecule has 0 fully saturated rings. The number of amides is 2. The fourth-order valence-electron chi connectivity index (χ4n) is 3.10. The molecule has 8 heteroatoms. The monoisotopic (exact) mass is 512 g/mol. The van der Waals surface area contributed by atoms with E-state index in [2.05, 4.69) is 26.6 Å². The normalized spacial score (nSPS) is 12.4. The Kier molecular flexibility index (Phi) is 6.48. The number of hydrogen-bond donors (Lipinski definition) is 2. The summed E-state index contributed by atoms with van der Waals surface area (Å²) in [5.74, 6) is 0.275. The molecule has 0 saturated heterocycles. The number of benzene rings is 3. The fourth-order valence-corrected chi connectivity index (χ4v) is 3.73. The predicted octanol–water partition coefficient (Wildman–Crippen LogP) is 5.55. The molecule has 3 aromatic carbocycles. The zero-order valence-corrected chi connectivity index (χ0v) is 19.3. The SMILES string of the molecule is Cc1c(Cl)cccc1NC(=O)/C(=C/c1ccc2c(c1)OCO2)NC(=O)c1ccccc1Br. The van der Waals surface area contributed by atoms with Gasteiger partial charge in [-0.05, 0) is 76.5 Å². The Labute approximate surface area is 198 Å². The topological polar surface area (TPSA) is 76.7 Å². The summed E-state index contributed by atoms with van der Waals surface area (Å²) in [4.78, 5) is 26.1. The third kappa shape index (κ3) is 4.79. The summed E-state index contributed by atoms with van der Waals surface area (Å²) < 4.78 is 11.4. The van der Waals surface area contributed by atoms with Gasteiger partial charge in [0.2, 0.25) is 6.79 Å². The molecule has 4 rings (SSSR count). The van der Waals surface area contributed by atoms with Crippen molar-refractivity contribution in [3.05, 3.63) is 92.5 Å². The molecular weight excluding hydrogens is 496 g/mol. The van der Waals surface area contributed by atoms with E-state index in [0.717, 1.165) is 5.56 Å². The van der Waals surface area contributed by atoms with E-state index < -0.39 is 11.8 Å². The van der Waals surface area contributed by atoms with Crippen molar-refractivity contribution < 1.29 is 19.1 Å². The Hall–Kier alpha value is -3.29. The summed E-state index contributed by atoms with van der Waals surface area (Å²) in [5, 5.41) is 6.07. The second-order valence-electron chi connectivity index (χ2n) is 6.97. The number of halogens is 2. The minimum atomic E-state index is -0.492. The van der Waals surface area contributed by atoms with Crippen molar-refractivity contribution in [2.75, 3.05) is 12.1 Å². The first-order valence-electron chi connectivity index (χ1n) is 9.66. The van der Waals surface area contributed by atoms with Crippen molar-refractivity contribution in [3.63, 3.8) is 0 Å². The molecule has 0 saturated carbocycles. The lowest BCUT2D eigenvalue weighted by molar-refractivity contribution is -0.113. The fraction of sp³-hybridized carbons (Fsp3) is 0.0833. The van der Waals surface area contributed by atoms with Gasteiger partial charge >= 0.3 is 0 Å². The minimum Gasteiger partial charge on any atom is -0.454 e. The van der Waals surface area contributed by atoms with Gasteiger partial charge in [-0.25, -0.2) is 0 Å². The number of carbonyl (C=O) groups is 2. The van der Waals surface area contributed by atoms with Crippen LogP contribution < -0.4 is 20.1 Å². The lowest BCUT2D eigenvalue weighted by Crippen LogP contribution is -2.31. The van der Waals surface area contributed by atoms with Crippen LogP contribution in [0.5, 0.6) is 11.5 Å². The van der Waals surface area contributed by atoms with Crippen molar-refractivity contribution in [2.45, 2.75) is 6.92 Å². The summed E-state index contributed by atoms with van der Waals surface area (Å²) in [5.41, 5.74) is 2.39. The molecule has 6 nitrogen and oxygen atoms in total. The van der Waals surface area contributed by atoms with Crippen LogP contribution in [0.1, 0.15) is 21.5 Å². The average molecular weight is 514 g/mol. The van der Waals surface area contributed by atoms with E-state index in [9.17, 15) is 9.59 Å². The maximum absolute atomic E-state index is 13.2. The molecule has 1 heterocycles. The van der Waals surface area contributed by atoms with Gasteiger partial charge in [-0.3, -0.25) is 9.59 Å². The number of carbonyl (C=O) groups excluding carboxylic acids is 2. The second-order valence-corrected chi connectivity index (χ2v) is 8.23. The summed E-state index contributed by atoms with van der Waals surface area (Å²) in [7, 11) is 0. The van der Waals surface area contributed by atoms with E-state index in [1.165, 1.54) is 0 Å². The van der Waals surface area contributed by atoms with Gasteiger partial charge in [-0.1, -0.05) is 35.9 Å². The van der Waals surface area contributed by atoms with Crippen molar-refractivity contribution in [2.24, 2.45) is 0 Å². The highest BCUT2D eigenvalue weighted by Gasteiger charge is 2.19. The first kappa shape index (κ1) is 21.9.